The Labute approximate surface area is 198 Å². The molecule has 0 saturated heterocycles. The SMILES string of the molecule is CCCc1c(SCOc2ccc(C(C)O)c(OCC(=O)O)c2CCC)ccc(C(C)=O)c1O. The number of aromatic hydroxyl groups is 1. The fourth-order valence-electron chi connectivity index (χ4n) is 3.57. The van der Waals surface area contributed by atoms with Crippen LogP contribution in [0.3, 0.4) is 0 Å². The van der Waals surface area contributed by atoms with Gasteiger partial charge in [0.1, 0.15) is 23.2 Å². The van der Waals surface area contributed by atoms with E-state index < -0.39 is 18.7 Å². The third-order valence-corrected chi connectivity index (χ3v) is 6.02. The summed E-state index contributed by atoms with van der Waals surface area (Å²) in [6.45, 7) is 6.50. The van der Waals surface area contributed by atoms with E-state index in [4.69, 9.17) is 14.6 Å². The highest BCUT2D eigenvalue weighted by Crippen LogP contribution is 2.38. The Hall–Kier alpha value is -2.71. The van der Waals surface area contributed by atoms with Crippen molar-refractivity contribution in [2.75, 3.05) is 12.5 Å². The molecular formula is C25H32O7S. The van der Waals surface area contributed by atoms with E-state index in [0.717, 1.165) is 23.3 Å². The number of aliphatic hydroxyl groups excluding tert-OH is 1. The van der Waals surface area contributed by atoms with Crippen molar-refractivity contribution in [3.8, 4) is 17.2 Å². The van der Waals surface area contributed by atoms with Crippen molar-refractivity contribution in [2.45, 2.75) is 64.4 Å². The number of ether oxygens (including phenoxy) is 2. The molecule has 0 amide bonds. The predicted octanol–water partition coefficient (Wildman–Crippen LogP) is 5.15. The van der Waals surface area contributed by atoms with Gasteiger partial charge in [0.05, 0.1) is 11.7 Å². The van der Waals surface area contributed by atoms with Gasteiger partial charge in [-0.15, -0.1) is 0 Å². The summed E-state index contributed by atoms with van der Waals surface area (Å²) in [7, 11) is 0. The smallest absolute Gasteiger partial charge is 0.341 e. The summed E-state index contributed by atoms with van der Waals surface area (Å²) in [6.07, 6.45) is 1.98. The molecule has 0 radical (unpaired) electrons. The minimum absolute atomic E-state index is 0.0201. The lowest BCUT2D eigenvalue weighted by Gasteiger charge is -2.20. The van der Waals surface area contributed by atoms with Gasteiger partial charge in [-0.25, -0.2) is 4.79 Å². The van der Waals surface area contributed by atoms with E-state index in [9.17, 15) is 19.8 Å². The molecule has 0 aliphatic heterocycles. The highest BCUT2D eigenvalue weighted by molar-refractivity contribution is 7.99. The maximum absolute atomic E-state index is 11.8. The summed E-state index contributed by atoms with van der Waals surface area (Å²) in [4.78, 5) is 23.7. The van der Waals surface area contributed by atoms with Crippen LogP contribution in [0.1, 0.15) is 73.7 Å². The van der Waals surface area contributed by atoms with E-state index in [1.54, 1.807) is 25.1 Å². The lowest BCUT2D eigenvalue weighted by atomic mass is 10.0. The van der Waals surface area contributed by atoms with Gasteiger partial charge in [0, 0.05) is 21.6 Å². The molecule has 180 valence electrons. The van der Waals surface area contributed by atoms with Crippen LogP contribution in [-0.4, -0.2) is 39.6 Å². The number of hydrogen-bond donors (Lipinski definition) is 3. The molecule has 33 heavy (non-hydrogen) atoms. The monoisotopic (exact) mass is 476 g/mol. The third kappa shape index (κ3) is 6.88. The van der Waals surface area contributed by atoms with Gasteiger partial charge in [-0.1, -0.05) is 38.5 Å². The summed E-state index contributed by atoms with van der Waals surface area (Å²) in [5.74, 6) is -0.144. The number of hydrogen-bond acceptors (Lipinski definition) is 7. The summed E-state index contributed by atoms with van der Waals surface area (Å²) < 4.78 is 11.6. The second-order valence-electron chi connectivity index (χ2n) is 7.72. The molecule has 0 heterocycles. The molecule has 0 fully saturated rings. The molecule has 3 N–H and O–H groups in total. The quantitative estimate of drug-likeness (QED) is 0.207. The average Bonchev–Trinajstić information content (AvgIpc) is 2.75. The fraction of sp³-hybridized carbons (Fsp3) is 0.440. The Morgan fingerprint density at radius 3 is 2.27 bits per heavy atom. The zero-order chi connectivity index (χ0) is 24.5. The average molecular weight is 477 g/mol. The number of carbonyl (C=O) groups is 2. The van der Waals surface area contributed by atoms with Crippen molar-refractivity contribution in [1.82, 2.24) is 0 Å². The van der Waals surface area contributed by atoms with Crippen LogP contribution in [0, 0.1) is 0 Å². The Morgan fingerprint density at radius 2 is 1.70 bits per heavy atom. The number of phenolic OH excluding ortho intramolecular Hbond substituents is 1. The van der Waals surface area contributed by atoms with Crippen LogP contribution in [0.15, 0.2) is 29.2 Å². The second-order valence-corrected chi connectivity index (χ2v) is 8.68. The first-order valence-electron chi connectivity index (χ1n) is 11.0. The molecule has 2 aromatic carbocycles. The topological polar surface area (TPSA) is 113 Å². The van der Waals surface area contributed by atoms with Crippen molar-refractivity contribution in [1.29, 1.82) is 0 Å². The molecule has 1 unspecified atom stereocenters. The Bertz CT molecular complexity index is 985. The van der Waals surface area contributed by atoms with Crippen LogP contribution in [0.25, 0.3) is 0 Å². The van der Waals surface area contributed by atoms with Gasteiger partial charge in [-0.3, -0.25) is 4.79 Å². The minimum atomic E-state index is -1.10. The van der Waals surface area contributed by atoms with Gasteiger partial charge in [0.25, 0.3) is 0 Å². The van der Waals surface area contributed by atoms with Gasteiger partial charge in [-0.2, -0.15) is 0 Å². The first kappa shape index (κ1) is 26.5. The van der Waals surface area contributed by atoms with E-state index in [2.05, 4.69) is 0 Å². The first-order valence-corrected chi connectivity index (χ1v) is 12.0. The van der Waals surface area contributed by atoms with E-state index in [-0.39, 0.29) is 17.5 Å². The third-order valence-electron chi connectivity index (χ3n) is 5.09. The lowest BCUT2D eigenvalue weighted by molar-refractivity contribution is -0.139. The Balaban J connectivity index is 2.31. The summed E-state index contributed by atoms with van der Waals surface area (Å²) in [5.41, 5.74) is 2.25. The van der Waals surface area contributed by atoms with Crippen molar-refractivity contribution in [2.24, 2.45) is 0 Å². The van der Waals surface area contributed by atoms with Gasteiger partial charge < -0.3 is 24.8 Å². The number of Topliss-reactive ketones (excluding diaryl/α,β-unsaturated/α-hetero) is 1. The number of thioether (sulfide) groups is 1. The number of rotatable bonds is 13. The molecule has 2 aromatic rings. The fourth-order valence-corrected chi connectivity index (χ4v) is 4.42. The van der Waals surface area contributed by atoms with Crippen LogP contribution in [0.2, 0.25) is 0 Å². The van der Waals surface area contributed by atoms with Crippen molar-refractivity contribution in [3.63, 3.8) is 0 Å². The normalized spacial score (nSPS) is 11.8. The number of phenols is 1. The van der Waals surface area contributed by atoms with Crippen LogP contribution < -0.4 is 9.47 Å². The molecule has 0 aliphatic rings. The van der Waals surface area contributed by atoms with Gasteiger partial charge >= 0.3 is 5.97 Å². The van der Waals surface area contributed by atoms with Crippen molar-refractivity contribution < 1.29 is 34.4 Å². The number of carboxylic acids is 1. The Morgan fingerprint density at radius 1 is 1.03 bits per heavy atom. The van der Waals surface area contributed by atoms with E-state index >= 15 is 0 Å². The molecule has 0 spiro atoms. The number of benzene rings is 2. The van der Waals surface area contributed by atoms with Crippen molar-refractivity contribution >= 4 is 23.5 Å². The molecule has 1 atom stereocenters. The molecule has 8 heteroatoms. The molecular weight excluding hydrogens is 444 g/mol. The van der Waals surface area contributed by atoms with Crippen LogP contribution in [0.5, 0.6) is 17.2 Å². The van der Waals surface area contributed by atoms with Crippen molar-refractivity contribution in [3.05, 3.63) is 46.5 Å². The first-order chi connectivity index (χ1) is 15.7. The van der Waals surface area contributed by atoms with Gasteiger partial charge in [0.2, 0.25) is 0 Å². The zero-order valence-corrected chi connectivity index (χ0v) is 20.3. The number of aliphatic hydroxyl groups is 1. The second kappa shape index (κ2) is 12.5. The maximum atomic E-state index is 11.8. The zero-order valence-electron chi connectivity index (χ0n) is 19.5. The predicted molar refractivity (Wildman–Crippen MR) is 128 cm³/mol. The molecule has 0 bridgehead atoms. The summed E-state index contributed by atoms with van der Waals surface area (Å²) in [5, 5.41) is 29.7. The molecule has 7 nitrogen and oxygen atoms in total. The number of carbonyl (C=O) groups excluding carboxylic acids is 1. The minimum Gasteiger partial charge on any atom is -0.507 e. The lowest BCUT2D eigenvalue weighted by Crippen LogP contribution is -2.13. The number of aliphatic carboxylic acids is 1. The largest absolute Gasteiger partial charge is 0.507 e. The summed E-state index contributed by atoms with van der Waals surface area (Å²) in [6, 6.07) is 6.87. The number of ketones is 1. The standard InChI is InChI=1S/C25H32O7S/c1-5-7-19-21(11-9-18(16(4)27)25(19)31-13-23(28)29)32-14-33-22-12-10-17(15(3)26)24(30)20(22)8-6-2/h9-12,16,27,30H,5-8,13-14H2,1-4H3,(H,28,29). The van der Waals surface area contributed by atoms with Crippen LogP contribution in [-0.2, 0) is 17.6 Å². The molecule has 0 aromatic heterocycles. The molecule has 0 saturated carbocycles. The van der Waals surface area contributed by atoms with Gasteiger partial charge in [-0.05, 0) is 51.0 Å². The van der Waals surface area contributed by atoms with Crippen LogP contribution >= 0.6 is 11.8 Å². The molecule has 0 aliphatic carbocycles. The van der Waals surface area contributed by atoms with E-state index in [1.807, 2.05) is 19.9 Å². The highest BCUT2D eigenvalue weighted by Gasteiger charge is 2.20. The van der Waals surface area contributed by atoms with Gasteiger partial charge in [0.15, 0.2) is 12.4 Å². The summed E-state index contributed by atoms with van der Waals surface area (Å²) >= 11 is 1.40. The van der Waals surface area contributed by atoms with E-state index in [1.165, 1.54) is 18.7 Å². The highest BCUT2D eigenvalue weighted by atomic mass is 32.2. The molecule has 2 rings (SSSR count). The maximum Gasteiger partial charge on any atom is 0.341 e. The van der Waals surface area contributed by atoms with Crippen LogP contribution in [0.4, 0.5) is 0 Å². The number of carboxylic acid groups (broad SMARTS) is 1. The van der Waals surface area contributed by atoms with E-state index in [0.29, 0.717) is 41.0 Å². The Kier molecular flexibility index (Phi) is 10.1.